The van der Waals surface area contributed by atoms with Crippen LogP contribution in [0.25, 0.3) is 0 Å². The summed E-state index contributed by atoms with van der Waals surface area (Å²) in [6, 6.07) is 11.7. The molecule has 0 saturated carbocycles. The van der Waals surface area contributed by atoms with E-state index in [-0.39, 0.29) is 24.3 Å². The van der Waals surface area contributed by atoms with Gasteiger partial charge in [0, 0.05) is 17.7 Å². The van der Waals surface area contributed by atoms with Crippen molar-refractivity contribution >= 4 is 17.6 Å². The summed E-state index contributed by atoms with van der Waals surface area (Å²) in [5.41, 5.74) is -1.73. The zero-order chi connectivity index (χ0) is 18.9. The number of amides is 1. The molecule has 0 saturated heterocycles. The van der Waals surface area contributed by atoms with Crippen molar-refractivity contribution in [3.05, 3.63) is 65.2 Å². The molecule has 0 radical (unpaired) electrons. The van der Waals surface area contributed by atoms with Crippen molar-refractivity contribution in [1.82, 2.24) is 0 Å². The number of fused-ring (bicyclic) bond motifs is 1. The smallest absolute Gasteiger partial charge is 0.416 e. The van der Waals surface area contributed by atoms with Gasteiger partial charge in [0.05, 0.1) is 12.2 Å². The Balaban J connectivity index is 2.13. The van der Waals surface area contributed by atoms with E-state index in [0.717, 1.165) is 12.1 Å². The first kappa shape index (κ1) is 18.0. The van der Waals surface area contributed by atoms with Gasteiger partial charge in [-0.05, 0) is 24.6 Å². The SMILES string of the molecule is CCOC(=O)[C@@]1(Cc2ccccc2)C(=O)Nc2cc(C(F)(F)F)ccc21. The summed E-state index contributed by atoms with van der Waals surface area (Å²) in [7, 11) is 0. The topological polar surface area (TPSA) is 55.4 Å². The van der Waals surface area contributed by atoms with Crippen LogP contribution in [0.1, 0.15) is 23.6 Å². The molecule has 1 amide bonds. The van der Waals surface area contributed by atoms with Gasteiger partial charge in [-0.15, -0.1) is 0 Å². The maximum Gasteiger partial charge on any atom is 0.416 e. The molecule has 0 bridgehead atoms. The fraction of sp³-hybridized carbons (Fsp3) is 0.263. The lowest BCUT2D eigenvalue weighted by molar-refractivity contribution is -0.153. The molecule has 0 spiro atoms. The van der Waals surface area contributed by atoms with Gasteiger partial charge in [-0.1, -0.05) is 36.4 Å². The molecule has 0 fully saturated rings. The Labute approximate surface area is 148 Å². The van der Waals surface area contributed by atoms with E-state index in [4.69, 9.17) is 4.74 Å². The molecule has 4 nitrogen and oxygen atoms in total. The summed E-state index contributed by atoms with van der Waals surface area (Å²) >= 11 is 0. The number of alkyl halides is 3. The van der Waals surface area contributed by atoms with E-state index >= 15 is 0 Å². The van der Waals surface area contributed by atoms with Gasteiger partial charge in [0.25, 0.3) is 0 Å². The average Bonchev–Trinajstić information content (AvgIpc) is 2.87. The van der Waals surface area contributed by atoms with Crippen LogP contribution in [-0.2, 0) is 32.3 Å². The molecule has 0 aliphatic carbocycles. The molecule has 1 heterocycles. The van der Waals surface area contributed by atoms with Gasteiger partial charge >= 0.3 is 12.1 Å². The third-order valence-corrected chi connectivity index (χ3v) is 4.38. The van der Waals surface area contributed by atoms with Crippen molar-refractivity contribution in [1.29, 1.82) is 0 Å². The Hall–Kier alpha value is -2.83. The Morgan fingerprint density at radius 1 is 1.15 bits per heavy atom. The van der Waals surface area contributed by atoms with Crippen LogP contribution in [0.15, 0.2) is 48.5 Å². The Bertz CT molecular complexity index is 849. The first-order chi connectivity index (χ1) is 12.3. The quantitative estimate of drug-likeness (QED) is 0.666. The van der Waals surface area contributed by atoms with E-state index in [1.54, 1.807) is 37.3 Å². The molecule has 0 aromatic heterocycles. The highest BCUT2D eigenvalue weighted by molar-refractivity contribution is 6.19. The Kier molecular flexibility index (Phi) is 4.48. The van der Waals surface area contributed by atoms with Crippen LogP contribution in [-0.4, -0.2) is 18.5 Å². The molecular formula is C19H16F3NO3. The van der Waals surface area contributed by atoms with Gasteiger partial charge in [-0.2, -0.15) is 13.2 Å². The molecule has 1 aliphatic rings. The third kappa shape index (κ3) is 2.94. The average molecular weight is 363 g/mol. The largest absolute Gasteiger partial charge is 0.465 e. The number of ether oxygens (including phenoxy) is 1. The number of esters is 1. The predicted molar refractivity (Wildman–Crippen MR) is 88.5 cm³/mol. The summed E-state index contributed by atoms with van der Waals surface area (Å²) in [6.45, 7) is 1.66. The first-order valence-corrected chi connectivity index (χ1v) is 8.03. The molecular weight excluding hydrogens is 347 g/mol. The van der Waals surface area contributed by atoms with E-state index in [2.05, 4.69) is 5.32 Å². The van der Waals surface area contributed by atoms with Gasteiger partial charge in [-0.25, -0.2) is 0 Å². The summed E-state index contributed by atoms with van der Waals surface area (Å²) in [5.74, 6) is -1.46. The molecule has 7 heteroatoms. The second-order valence-corrected chi connectivity index (χ2v) is 6.00. The zero-order valence-corrected chi connectivity index (χ0v) is 13.9. The fourth-order valence-corrected chi connectivity index (χ4v) is 3.15. The van der Waals surface area contributed by atoms with Crippen LogP contribution < -0.4 is 5.32 Å². The summed E-state index contributed by atoms with van der Waals surface area (Å²) in [6.07, 6.45) is -4.55. The lowest BCUT2D eigenvalue weighted by Crippen LogP contribution is -2.45. The lowest BCUT2D eigenvalue weighted by atomic mass is 9.76. The molecule has 2 aromatic carbocycles. The van der Waals surface area contributed by atoms with Gasteiger partial charge in [0.1, 0.15) is 0 Å². The van der Waals surface area contributed by atoms with Crippen molar-refractivity contribution in [2.24, 2.45) is 0 Å². The third-order valence-electron chi connectivity index (χ3n) is 4.38. The van der Waals surface area contributed by atoms with E-state index in [1.165, 1.54) is 6.07 Å². The number of halogens is 3. The zero-order valence-electron chi connectivity index (χ0n) is 13.9. The molecule has 1 atom stereocenters. The van der Waals surface area contributed by atoms with Crippen molar-refractivity contribution in [2.45, 2.75) is 24.9 Å². The Morgan fingerprint density at radius 2 is 1.85 bits per heavy atom. The molecule has 2 aromatic rings. The molecule has 1 N–H and O–H groups in total. The molecule has 26 heavy (non-hydrogen) atoms. The number of rotatable bonds is 4. The molecule has 1 aliphatic heterocycles. The predicted octanol–water partition coefficient (Wildman–Crippen LogP) is 3.70. The van der Waals surface area contributed by atoms with Gasteiger partial charge < -0.3 is 10.1 Å². The van der Waals surface area contributed by atoms with Gasteiger partial charge in [-0.3, -0.25) is 9.59 Å². The number of hydrogen-bond acceptors (Lipinski definition) is 3. The van der Waals surface area contributed by atoms with E-state index in [9.17, 15) is 22.8 Å². The lowest BCUT2D eigenvalue weighted by Gasteiger charge is -2.25. The first-order valence-electron chi connectivity index (χ1n) is 8.03. The number of anilines is 1. The summed E-state index contributed by atoms with van der Waals surface area (Å²) < 4.78 is 44.0. The standard InChI is InChI=1S/C19H16F3NO3/c1-2-26-17(25)18(11-12-6-4-3-5-7-12)14-9-8-13(19(20,21)22)10-15(14)23-16(18)24/h3-10H,2,11H2,1H3,(H,23,24)/t18-/m1/s1. The molecule has 3 rings (SSSR count). The van der Waals surface area contributed by atoms with Crippen LogP contribution in [0.4, 0.5) is 18.9 Å². The number of carbonyl (C=O) groups excluding carboxylic acids is 2. The van der Waals surface area contributed by atoms with Crippen LogP contribution in [0.5, 0.6) is 0 Å². The minimum atomic E-state index is -4.55. The van der Waals surface area contributed by atoms with Crippen molar-refractivity contribution < 1.29 is 27.5 Å². The van der Waals surface area contributed by atoms with Crippen LogP contribution >= 0.6 is 0 Å². The summed E-state index contributed by atoms with van der Waals surface area (Å²) in [4.78, 5) is 25.5. The van der Waals surface area contributed by atoms with Crippen LogP contribution in [0.3, 0.4) is 0 Å². The maximum absolute atomic E-state index is 13.0. The number of carbonyl (C=O) groups is 2. The van der Waals surface area contributed by atoms with Gasteiger partial charge in [0.15, 0.2) is 5.41 Å². The highest BCUT2D eigenvalue weighted by Crippen LogP contribution is 2.44. The number of benzene rings is 2. The minimum absolute atomic E-state index is 0.00310. The van der Waals surface area contributed by atoms with E-state index in [0.29, 0.717) is 5.56 Å². The van der Waals surface area contributed by atoms with Crippen molar-refractivity contribution in [2.75, 3.05) is 11.9 Å². The van der Waals surface area contributed by atoms with Crippen molar-refractivity contribution in [3.63, 3.8) is 0 Å². The number of hydrogen-bond donors (Lipinski definition) is 1. The fourth-order valence-electron chi connectivity index (χ4n) is 3.15. The second kappa shape index (κ2) is 6.48. The highest BCUT2D eigenvalue weighted by atomic mass is 19.4. The monoisotopic (exact) mass is 363 g/mol. The minimum Gasteiger partial charge on any atom is -0.465 e. The van der Waals surface area contributed by atoms with Crippen molar-refractivity contribution in [3.8, 4) is 0 Å². The highest BCUT2D eigenvalue weighted by Gasteiger charge is 2.54. The summed E-state index contributed by atoms with van der Waals surface area (Å²) in [5, 5.41) is 2.42. The van der Waals surface area contributed by atoms with E-state index < -0.39 is 29.0 Å². The molecule has 0 unspecified atom stereocenters. The van der Waals surface area contributed by atoms with E-state index in [1.807, 2.05) is 0 Å². The maximum atomic E-state index is 13.0. The molecule has 136 valence electrons. The van der Waals surface area contributed by atoms with Crippen LogP contribution in [0.2, 0.25) is 0 Å². The second-order valence-electron chi connectivity index (χ2n) is 6.00. The van der Waals surface area contributed by atoms with Gasteiger partial charge in [0.2, 0.25) is 5.91 Å². The Morgan fingerprint density at radius 3 is 2.46 bits per heavy atom. The van der Waals surface area contributed by atoms with Crippen LogP contribution in [0, 0.1) is 0 Å². The normalized spacial score (nSPS) is 19.0. The number of nitrogens with one attached hydrogen (secondary N) is 1.